The van der Waals surface area contributed by atoms with E-state index in [0.29, 0.717) is 49.3 Å². The van der Waals surface area contributed by atoms with Crippen LogP contribution in [0.4, 0.5) is 4.79 Å². The Morgan fingerprint density at radius 3 is 2.17 bits per heavy atom. The van der Waals surface area contributed by atoms with Crippen molar-refractivity contribution in [3.63, 3.8) is 0 Å². The average Bonchev–Trinajstić information content (AvgIpc) is 3.16. The zero-order valence-corrected chi connectivity index (χ0v) is 18.2. The molecule has 0 aromatic heterocycles. The zero-order valence-electron chi connectivity index (χ0n) is 18.2. The Kier molecular flexibility index (Phi) is 7.99. The summed E-state index contributed by atoms with van der Waals surface area (Å²) in [6.07, 6.45) is 0. The van der Waals surface area contributed by atoms with Crippen molar-refractivity contribution in [3.8, 4) is 17.2 Å². The van der Waals surface area contributed by atoms with Crippen LogP contribution in [0, 0.1) is 11.8 Å². The number of hydrogen-bond acceptors (Lipinski definition) is 5. The van der Waals surface area contributed by atoms with Crippen LogP contribution in [0.2, 0.25) is 0 Å². The summed E-state index contributed by atoms with van der Waals surface area (Å²) in [6.45, 7) is 7.89. The third-order valence-electron chi connectivity index (χ3n) is 5.07. The van der Waals surface area contributed by atoms with Crippen LogP contribution in [0.5, 0.6) is 17.2 Å². The molecule has 0 aliphatic carbocycles. The maximum absolute atomic E-state index is 12.9. The van der Waals surface area contributed by atoms with Gasteiger partial charge in [0.2, 0.25) is 11.7 Å². The maximum atomic E-state index is 12.9. The third kappa shape index (κ3) is 5.25. The molecule has 1 aromatic carbocycles. The second-order valence-corrected chi connectivity index (χ2v) is 7.55. The fourth-order valence-electron chi connectivity index (χ4n) is 3.59. The number of urea groups is 1. The largest absolute Gasteiger partial charge is 0.493 e. The Labute approximate surface area is 172 Å². The first-order valence-corrected chi connectivity index (χ1v) is 9.96. The van der Waals surface area contributed by atoms with Gasteiger partial charge in [0, 0.05) is 32.1 Å². The Balaban J connectivity index is 2.39. The summed E-state index contributed by atoms with van der Waals surface area (Å²) >= 11 is 0. The number of hydrogen-bond donors (Lipinski definition) is 2. The minimum atomic E-state index is -0.362. The minimum Gasteiger partial charge on any atom is -0.493 e. The van der Waals surface area contributed by atoms with Gasteiger partial charge in [-0.15, -0.1) is 0 Å². The second-order valence-electron chi connectivity index (χ2n) is 7.55. The van der Waals surface area contributed by atoms with Gasteiger partial charge in [-0.1, -0.05) is 13.8 Å². The van der Waals surface area contributed by atoms with Crippen molar-refractivity contribution in [3.05, 3.63) is 17.7 Å². The predicted molar refractivity (Wildman–Crippen MR) is 111 cm³/mol. The van der Waals surface area contributed by atoms with E-state index in [9.17, 15) is 9.59 Å². The molecule has 2 rings (SSSR count). The maximum Gasteiger partial charge on any atom is 0.317 e. The van der Waals surface area contributed by atoms with Crippen molar-refractivity contribution >= 4 is 11.9 Å². The summed E-state index contributed by atoms with van der Waals surface area (Å²) in [7, 11) is 4.67. The molecule has 162 valence electrons. The van der Waals surface area contributed by atoms with Crippen molar-refractivity contribution in [2.75, 3.05) is 47.5 Å². The van der Waals surface area contributed by atoms with Crippen LogP contribution in [0.3, 0.4) is 0 Å². The summed E-state index contributed by atoms with van der Waals surface area (Å²) in [5, 5.41) is 5.83. The van der Waals surface area contributed by atoms with Gasteiger partial charge in [0.1, 0.15) is 0 Å². The molecule has 1 aromatic rings. The smallest absolute Gasteiger partial charge is 0.317 e. The standard InChI is InChI=1S/C21H33N3O5/c1-7-22-21(26)24-11-15(16(12-24)20(25)23-10-13(2)3)14-8-17(27-4)19(29-6)18(9-14)28-5/h8-9,13,15-16H,7,10-12H2,1-6H3,(H,22,26)(H,23,25)/t15-,16+/m1/s1. The van der Waals surface area contributed by atoms with Gasteiger partial charge >= 0.3 is 6.03 Å². The molecule has 0 saturated carbocycles. The number of carbonyl (C=O) groups excluding carboxylic acids is 2. The molecular weight excluding hydrogens is 374 g/mol. The summed E-state index contributed by atoms with van der Waals surface area (Å²) in [4.78, 5) is 27.0. The number of carbonyl (C=O) groups is 2. The molecule has 1 saturated heterocycles. The van der Waals surface area contributed by atoms with Gasteiger partial charge in [-0.3, -0.25) is 4.79 Å². The molecule has 0 bridgehead atoms. The van der Waals surface area contributed by atoms with Gasteiger partial charge in [0.25, 0.3) is 0 Å². The Morgan fingerprint density at radius 1 is 1.07 bits per heavy atom. The summed E-state index contributed by atoms with van der Waals surface area (Å²) < 4.78 is 16.3. The third-order valence-corrected chi connectivity index (χ3v) is 5.07. The second kappa shape index (κ2) is 10.2. The molecule has 0 radical (unpaired) electrons. The lowest BCUT2D eigenvalue weighted by molar-refractivity contribution is -0.125. The zero-order chi connectivity index (χ0) is 21.6. The van der Waals surface area contributed by atoms with Crippen LogP contribution < -0.4 is 24.8 Å². The molecule has 8 nitrogen and oxygen atoms in total. The number of benzene rings is 1. The van der Waals surface area contributed by atoms with E-state index in [1.807, 2.05) is 32.9 Å². The number of methoxy groups -OCH3 is 3. The van der Waals surface area contributed by atoms with E-state index in [0.717, 1.165) is 5.56 Å². The van der Waals surface area contributed by atoms with Gasteiger partial charge in [0.15, 0.2) is 11.5 Å². The van der Waals surface area contributed by atoms with Crippen molar-refractivity contribution in [1.29, 1.82) is 0 Å². The topological polar surface area (TPSA) is 89.1 Å². The van der Waals surface area contributed by atoms with Crippen molar-refractivity contribution in [2.45, 2.75) is 26.7 Å². The Morgan fingerprint density at radius 2 is 1.69 bits per heavy atom. The number of nitrogens with one attached hydrogen (secondary N) is 2. The molecule has 1 fully saturated rings. The molecule has 2 atom stereocenters. The van der Waals surface area contributed by atoms with E-state index in [-0.39, 0.29) is 23.8 Å². The average molecular weight is 408 g/mol. The highest BCUT2D eigenvalue weighted by molar-refractivity contribution is 5.83. The Hall–Kier alpha value is -2.64. The molecular formula is C21H33N3O5. The number of amides is 3. The van der Waals surface area contributed by atoms with E-state index in [2.05, 4.69) is 10.6 Å². The normalized spacial score (nSPS) is 18.5. The van der Waals surface area contributed by atoms with E-state index in [4.69, 9.17) is 14.2 Å². The van der Waals surface area contributed by atoms with E-state index in [1.165, 1.54) is 0 Å². The molecule has 1 aliphatic rings. The molecule has 8 heteroatoms. The highest BCUT2D eigenvalue weighted by atomic mass is 16.5. The molecule has 1 heterocycles. The van der Waals surface area contributed by atoms with Gasteiger partial charge in [-0.25, -0.2) is 4.79 Å². The molecule has 29 heavy (non-hydrogen) atoms. The number of likely N-dealkylation sites (tertiary alicyclic amines) is 1. The van der Waals surface area contributed by atoms with Crippen LogP contribution >= 0.6 is 0 Å². The van der Waals surface area contributed by atoms with Crippen LogP contribution in [-0.2, 0) is 4.79 Å². The lowest BCUT2D eigenvalue weighted by Gasteiger charge is -2.21. The Bertz CT molecular complexity index is 697. The van der Waals surface area contributed by atoms with E-state index in [1.54, 1.807) is 26.2 Å². The monoisotopic (exact) mass is 407 g/mol. The predicted octanol–water partition coefficient (Wildman–Crippen LogP) is 2.23. The van der Waals surface area contributed by atoms with Crippen molar-refractivity contribution in [1.82, 2.24) is 15.5 Å². The van der Waals surface area contributed by atoms with Crippen LogP contribution in [0.1, 0.15) is 32.3 Å². The summed E-state index contributed by atoms with van der Waals surface area (Å²) in [5.74, 6) is 1.30. The van der Waals surface area contributed by atoms with Gasteiger partial charge in [-0.2, -0.15) is 0 Å². The number of rotatable bonds is 8. The minimum absolute atomic E-state index is 0.0516. The molecule has 3 amide bonds. The summed E-state index contributed by atoms with van der Waals surface area (Å²) in [5.41, 5.74) is 0.871. The summed E-state index contributed by atoms with van der Waals surface area (Å²) in [6, 6.07) is 3.55. The van der Waals surface area contributed by atoms with Gasteiger partial charge < -0.3 is 29.7 Å². The first kappa shape index (κ1) is 22.6. The lowest BCUT2D eigenvalue weighted by Crippen LogP contribution is -2.40. The SMILES string of the molecule is CCNC(=O)N1C[C@H](C(=O)NCC(C)C)[C@@H](c2cc(OC)c(OC)c(OC)c2)C1. The van der Waals surface area contributed by atoms with Crippen molar-refractivity contribution < 1.29 is 23.8 Å². The number of nitrogens with zero attached hydrogens (tertiary/aromatic N) is 1. The highest BCUT2D eigenvalue weighted by Crippen LogP contribution is 2.43. The molecule has 1 aliphatic heterocycles. The van der Waals surface area contributed by atoms with Crippen LogP contribution in [0.25, 0.3) is 0 Å². The quantitative estimate of drug-likeness (QED) is 0.690. The first-order valence-electron chi connectivity index (χ1n) is 9.96. The lowest BCUT2D eigenvalue weighted by atomic mass is 9.87. The van der Waals surface area contributed by atoms with E-state index >= 15 is 0 Å². The van der Waals surface area contributed by atoms with Gasteiger partial charge in [0.05, 0.1) is 27.2 Å². The van der Waals surface area contributed by atoms with Crippen LogP contribution in [-0.4, -0.2) is 64.3 Å². The van der Waals surface area contributed by atoms with Crippen molar-refractivity contribution in [2.24, 2.45) is 11.8 Å². The van der Waals surface area contributed by atoms with E-state index < -0.39 is 0 Å². The molecule has 0 spiro atoms. The van der Waals surface area contributed by atoms with Gasteiger partial charge in [-0.05, 0) is 30.5 Å². The fraction of sp³-hybridized carbons (Fsp3) is 0.619. The fourth-order valence-corrected chi connectivity index (χ4v) is 3.59. The molecule has 2 N–H and O–H groups in total. The van der Waals surface area contributed by atoms with Crippen LogP contribution in [0.15, 0.2) is 12.1 Å². The molecule has 0 unspecified atom stereocenters. The highest BCUT2D eigenvalue weighted by Gasteiger charge is 2.41. The number of ether oxygens (including phenoxy) is 3. The first-order chi connectivity index (χ1) is 13.9.